The van der Waals surface area contributed by atoms with E-state index in [0.29, 0.717) is 5.69 Å². The summed E-state index contributed by atoms with van der Waals surface area (Å²) < 4.78 is 26.9. The molecule has 214 valence electrons. The molecule has 0 aliphatic heterocycles. The van der Waals surface area contributed by atoms with Crippen molar-refractivity contribution < 1.29 is 18.0 Å². The molecule has 0 saturated carbocycles. The maximum absolute atomic E-state index is 14.1. The van der Waals surface area contributed by atoms with Crippen molar-refractivity contribution >= 4 is 27.5 Å². The van der Waals surface area contributed by atoms with Gasteiger partial charge in [-0.15, -0.1) is 0 Å². The third kappa shape index (κ3) is 8.95. The molecule has 1 atom stereocenters. The molecule has 0 heterocycles. The average Bonchev–Trinajstić information content (AvgIpc) is 2.88. The predicted octanol–water partition coefficient (Wildman–Crippen LogP) is 4.88. The Morgan fingerprint density at radius 1 is 0.875 bits per heavy atom. The van der Waals surface area contributed by atoms with E-state index in [1.165, 1.54) is 4.90 Å². The van der Waals surface area contributed by atoms with Gasteiger partial charge in [0.1, 0.15) is 12.6 Å². The molecule has 1 N–H and O–H groups in total. The maximum Gasteiger partial charge on any atom is 0.244 e. The van der Waals surface area contributed by atoms with Crippen LogP contribution in [0.15, 0.2) is 78.9 Å². The Morgan fingerprint density at radius 3 is 2.05 bits per heavy atom. The molecule has 0 aromatic heterocycles. The van der Waals surface area contributed by atoms with Crippen LogP contribution in [0.5, 0.6) is 0 Å². The largest absolute Gasteiger partial charge is 0.350 e. The third-order valence-electron chi connectivity index (χ3n) is 6.52. The van der Waals surface area contributed by atoms with Gasteiger partial charge in [-0.1, -0.05) is 79.2 Å². The molecule has 0 aliphatic carbocycles. The second kappa shape index (κ2) is 13.1. The van der Waals surface area contributed by atoms with Crippen molar-refractivity contribution in [2.24, 2.45) is 0 Å². The Hall–Kier alpha value is -3.65. The number of aryl methyl sites for hydroxylation is 2. The molecule has 40 heavy (non-hydrogen) atoms. The van der Waals surface area contributed by atoms with E-state index >= 15 is 0 Å². The summed E-state index contributed by atoms with van der Waals surface area (Å²) >= 11 is 0. The molecule has 1 unspecified atom stereocenters. The fraction of sp³-hybridized carbons (Fsp3) is 0.375. The number of sulfonamides is 1. The zero-order valence-corrected chi connectivity index (χ0v) is 25.2. The molecule has 0 radical (unpaired) electrons. The van der Waals surface area contributed by atoms with Gasteiger partial charge in [0, 0.05) is 18.5 Å². The highest BCUT2D eigenvalue weighted by atomic mass is 32.2. The lowest BCUT2D eigenvalue weighted by Crippen LogP contribution is -2.56. The van der Waals surface area contributed by atoms with Crippen LogP contribution < -0.4 is 9.62 Å². The molecule has 0 fully saturated rings. The Balaban J connectivity index is 2.06. The summed E-state index contributed by atoms with van der Waals surface area (Å²) in [6.07, 6.45) is 2.18. The molecule has 0 spiro atoms. The number of anilines is 1. The summed E-state index contributed by atoms with van der Waals surface area (Å²) in [5.41, 5.74) is 3.72. The minimum absolute atomic E-state index is 0.155. The molecule has 0 bridgehead atoms. The van der Waals surface area contributed by atoms with Gasteiger partial charge in [0.2, 0.25) is 21.8 Å². The molecular weight excluding hydrogens is 522 g/mol. The predicted molar refractivity (Wildman–Crippen MR) is 162 cm³/mol. The monoisotopic (exact) mass is 563 g/mol. The molecular formula is C32H41N3O4S. The number of amides is 2. The van der Waals surface area contributed by atoms with Crippen molar-refractivity contribution in [3.63, 3.8) is 0 Å². The number of carbonyl (C=O) groups is 2. The van der Waals surface area contributed by atoms with Gasteiger partial charge in [0.05, 0.1) is 11.9 Å². The van der Waals surface area contributed by atoms with Gasteiger partial charge < -0.3 is 10.2 Å². The van der Waals surface area contributed by atoms with E-state index in [0.717, 1.165) is 39.2 Å². The fourth-order valence-electron chi connectivity index (χ4n) is 4.53. The number of rotatable bonds is 11. The van der Waals surface area contributed by atoms with Gasteiger partial charge in [0.15, 0.2) is 0 Å². The summed E-state index contributed by atoms with van der Waals surface area (Å²) in [6.45, 7) is 9.39. The first-order valence-electron chi connectivity index (χ1n) is 13.5. The molecule has 3 aromatic rings. The lowest BCUT2D eigenvalue weighted by Gasteiger charge is -2.35. The van der Waals surface area contributed by atoms with Gasteiger partial charge in [-0.25, -0.2) is 8.42 Å². The van der Waals surface area contributed by atoms with E-state index in [1.807, 2.05) is 101 Å². The maximum atomic E-state index is 14.1. The summed E-state index contributed by atoms with van der Waals surface area (Å²) in [4.78, 5) is 29.4. The molecule has 2 amide bonds. The number of nitrogens with zero attached hydrogens (tertiary/aromatic N) is 2. The van der Waals surface area contributed by atoms with Crippen LogP contribution in [0, 0.1) is 6.92 Å². The van der Waals surface area contributed by atoms with Crippen molar-refractivity contribution in [3.05, 3.63) is 101 Å². The smallest absolute Gasteiger partial charge is 0.244 e. The Morgan fingerprint density at radius 2 is 1.50 bits per heavy atom. The quantitative estimate of drug-likeness (QED) is 0.360. The standard InChI is InChI=1S/C32H41N3O4S/c1-7-25-16-18-28(19-17-25)35(40(6,38)39)23-30(36)34(22-27-15-11-12-24(2)20-27)29(31(37)33-32(3,4)5)21-26-13-9-8-10-14-26/h8-20,29H,7,21-23H2,1-6H3,(H,33,37). The second-order valence-electron chi connectivity index (χ2n) is 11.2. The van der Waals surface area contributed by atoms with Gasteiger partial charge in [-0.05, 0) is 62.9 Å². The zero-order valence-electron chi connectivity index (χ0n) is 24.3. The third-order valence-corrected chi connectivity index (χ3v) is 7.66. The summed E-state index contributed by atoms with van der Waals surface area (Å²) in [6, 6.07) is 23.6. The van der Waals surface area contributed by atoms with Crippen LogP contribution in [0.1, 0.15) is 49.9 Å². The van der Waals surface area contributed by atoms with Crippen molar-refractivity contribution in [1.29, 1.82) is 0 Å². The van der Waals surface area contributed by atoms with Crippen LogP contribution in [-0.4, -0.2) is 49.5 Å². The van der Waals surface area contributed by atoms with E-state index in [2.05, 4.69) is 5.32 Å². The first-order chi connectivity index (χ1) is 18.8. The zero-order chi connectivity index (χ0) is 29.5. The van der Waals surface area contributed by atoms with E-state index in [1.54, 1.807) is 12.1 Å². The highest BCUT2D eigenvalue weighted by Gasteiger charge is 2.34. The molecule has 7 nitrogen and oxygen atoms in total. The van der Waals surface area contributed by atoms with Crippen LogP contribution in [-0.2, 0) is 39.0 Å². The number of benzene rings is 3. The number of nitrogens with one attached hydrogen (secondary N) is 1. The van der Waals surface area contributed by atoms with Crippen LogP contribution in [0.25, 0.3) is 0 Å². The summed E-state index contributed by atoms with van der Waals surface area (Å²) in [5.74, 6) is -0.757. The molecule has 8 heteroatoms. The van der Waals surface area contributed by atoms with Crippen LogP contribution in [0.4, 0.5) is 5.69 Å². The van der Waals surface area contributed by atoms with E-state index in [4.69, 9.17) is 0 Å². The highest BCUT2D eigenvalue weighted by molar-refractivity contribution is 7.92. The minimum Gasteiger partial charge on any atom is -0.350 e. The van der Waals surface area contributed by atoms with E-state index in [-0.39, 0.29) is 18.9 Å². The van der Waals surface area contributed by atoms with Crippen molar-refractivity contribution in [3.8, 4) is 0 Å². The van der Waals surface area contributed by atoms with Crippen LogP contribution in [0.3, 0.4) is 0 Å². The van der Waals surface area contributed by atoms with E-state index in [9.17, 15) is 18.0 Å². The summed E-state index contributed by atoms with van der Waals surface area (Å²) in [5, 5.41) is 3.04. The Kier molecular flexibility index (Phi) is 10.1. The van der Waals surface area contributed by atoms with Crippen LogP contribution in [0.2, 0.25) is 0 Å². The van der Waals surface area contributed by atoms with Crippen LogP contribution >= 0.6 is 0 Å². The number of carbonyl (C=O) groups excluding carboxylic acids is 2. The molecule has 3 aromatic carbocycles. The SMILES string of the molecule is CCc1ccc(N(CC(=O)N(Cc2cccc(C)c2)C(Cc2ccccc2)C(=O)NC(C)(C)C)S(C)(=O)=O)cc1. The van der Waals surface area contributed by atoms with Gasteiger partial charge in [-0.2, -0.15) is 0 Å². The van der Waals surface area contributed by atoms with Gasteiger partial charge >= 0.3 is 0 Å². The number of hydrogen-bond acceptors (Lipinski definition) is 4. The highest BCUT2D eigenvalue weighted by Crippen LogP contribution is 2.22. The Labute approximate surface area is 239 Å². The van der Waals surface area contributed by atoms with Gasteiger partial charge in [-0.3, -0.25) is 13.9 Å². The Bertz CT molecular complexity index is 1400. The first kappa shape index (κ1) is 30.9. The fourth-order valence-corrected chi connectivity index (χ4v) is 5.38. The number of hydrogen-bond donors (Lipinski definition) is 1. The second-order valence-corrected chi connectivity index (χ2v) is 13.2. The summed E-state index contributed by atoms with van der Waals surface area (Å²) in [7, 11) is -3.79. The van der Waals surface area contributed by atoms with E-state index < -0.39 is 34.1 Å². The molecule has 0 aliphatic rings. The first-order valence-corrected chi connectivity index (χ1v) is 15.4. The lowest BCUT2D eigenvalue weighted by molar-refractivity contribution is -0.140. The lowest BCUT2D eigenvalue weighted by atomic mass is 10.0. The van der Waals surface area contributed by atoms with Gasteiger partial charge in [0.25, 0.3) is 0 Å². The average molecular weight is 564 g/mol. The topological polar surface area (TPSA) is 86.8 Å². The normalized spacial score (nSPS) is 12.4. The molecule has 3 rings (SSSR count). The molecule has 0 saturated heterocycles. The van der Waals surface area contributed by atoms with Crippen molar-refractivity contribution in [2.45, 2.75) is 65.6 Å². The van der Waals surface area contributed by atoms with Crippen molar-refractivity contribution in [2.75, 3.05) is 17.1 Å². The minimum atomic E-state index is -3.79. The van der Waals surface area contributed by atoms with Crippen molar-refractivity contribution in [1.82, 2.24) is 10.2 Å².